The molecule has 1 aliphatic rings. The topological polar surface area (TPSA) is 41.1 Å². The van der Waals surface area contributed by atoms with E-state index < -0.39 is 0 Å². The summed E-state index contributed by atoms with van der Waals surface area (Å²) in [6.45, 7) is 3.71. The molecule has 11 heavy (non-hydrogen) atoms. The molecule has 0 bridgehead atoms. The summed E-state index contributed by atoms with van der Waals surface area (Å²) >= 11 is 0. The van der Waals surface area contributed by atoms with Crippen molar-refractivity contribution >= 4 is 5.91 Å². The second-order valence-electron chi connectivity index (χ2n) is 3.08. The Bertz CT molecular complexity index is 128. The number of hydrogen-bond donors (Lipinski definition) is 2. The first kappa shape index (κ1) is 8.53. The van der Waals surface area contributed by atoms with Crippen LogP contribution in [0.3, 0.4) is 0 Å². The van der Waals surface area contributed by atoms with Crippen LogP contribution >= 0.6 is 0 Å². The van der Waals surface area contributed by atoms with E-state index in [1.807, 2.05) is 0 Å². The molecule has 0 saturated carbocycles. The smallest absolute Gasteiger partial charge is 0.217 e. The Labute approximate surface area is 67.5 Å². The van der Waals surface area contributed by atoms with Gasteiger partial charge in [-0.2, -0.15) is 0 Å². The van der Waals surface area contributed by atoms with Crippen molar-refractivity contribution in [1.29, 1.82) is 0 Å². The SMILES string of the molecule is CC(=O)NC1CCCNCC1. The third-order valence-corrected chi connectivity index (χ3v) is 1.98. The Morgan fingerprint density at radius 3 is 3.00 bits per heavy atom. The number of carbonyl (C=O) groups is 1. The first-order chi connectivity index (χ1) is 5.29. The molecule has 1 aliphatic heterocycles. The molecule has 0 aromatic heterocycles. The fourth-order valence-electron chi connectivity index (χ4n) is 1.45. The largest absolute Gasteiger partial charge is 0.354 e. The first-order valence-electron chi connectivity index (χ1n) is 4.27. The molecule has 3 heteroatoms. The van der Waals surface area contributed by atoms with Crippen LogP contribution in [0.2, 0.25) is 0 Å². The van der Waals surface area contributed by atoms with Crippen LogP contribution in [0.25, 0.3) is 0 Å². The summed E-state index contributed by atoms with van der Waals surface area (Å²) in [4.78, 5) is 10.7. The molecule has 1 unspecified atom stereocenters. The molecule has 1 atom stereocenters. The van der Waals surface area contributed by atoms with Gasteiger partial charge in [0.2, 0.25) is 5.91 Å². The minimum atomic E-state index is 0.0944. The lowest BCUT2D eigenvalue weighted by Crippen LogP contribution is -2.33. The summed E-state index contributed by atoms with van der Waals surface area (Å²) in [7, 11) is 0. The van der Waals surface area contributed by atoms with Crippen molar-refractivity contribution in [3.8, 4) is 0 Å². The van der Waals surface area contributed by atoms with Gasteiger partial charge in [0.05, 0.1) is 0 Å². The van der Waals surface area contributed by atoms with Crippen LogP contribution in [0.1, 0.15) is 26.2 Å². The summed E-state index contributed by atoms with van der Waals surface area (Å²) in [6, 6.07) is 0.405. The van der Waals surface area contributed by atoms with Gasteiger partial charge in [-0.3, -0.25) is 4.79 Å². The highest BCUT2D eigenvalue weighted by Crippen LogP contribution is 2.04. The van der Waals surface area contributed by atoms with Crippen molar-refractivity contribution in [2.24, 2.45) is 0 Å². The predicted octanol–water partition coefficient (Wildman–Crippen LogP) is 0.265. The Morgan fingerprint density at radius 1 is 1.45 bits per heavy atom. The van der Waals surface area contributed by atoms with Crippen LogP contribution < -0.4 is 10.6 Å². The van der Waals surface area contributed by atoms with Crippen molar-refractivity contribution in [3.63, 3.8) is 0 Å². The highest BCUT2D eigenvalue weighted by molar-refractivity contribution is 5.73. The van der Waals surface area contributed by atoms with Gasteiger partial charge in [0.15, 0.2) is 0 Å². The molecule has 1 heterocycles. The third kappa shape index (κ3) is 3.37. The van der Waals surface area contributed by atoms with Gasteiger partial charge in [0, 0.05) is 13.0 Å². The van der Waals surface area contributed by atoms with Crippen molar-refractivity contribution < 1.29 is 4.79 Å². The van der Waals surface area contributed by atoms with Crippen molar-refractivity contribution in [1.82, 2.24) is 10.6 Å². The average molecular weight is 156 g/mol. The Hall–Kier alpha value is -0.570. The fraction of sp³-hybridized carbons (Fsp3) is 0.875. The maximum atomic E-state index is 10.7. The number of amides is 1. The average Bonchev–Trinajstić information content (AvgIpc) is 2.14. The van der Waals surface area contributed by atoms with E-state index in [0.29, 0.717) is 6.04 Å². The monoisotopic (exact) mass is 156 g/mol. The van der Waals surface area contributed by atoms with E-state index in [0.717, 1.165) is 25.9 Å². The van der Waals surface area contributed by atoms with Gasteiger partial charge in [-0.15, -0.1) is 0 Å². The van der Waals surface area contributed by atoms with Gasteiger partial charge in [-0.1, -0.05) is 0 Å². The zero-order valence-corrected chi connectivity index (χ0v) is 7.02. The Kier molecular flexibility index (Phi) is 3.36. The first-order valence-corrected chi connectivity index (χ1v) is 4.27. The molecule has 0 aromatic carbocycles. The van der Waals surface area contributed by atoms with E-state index >= 15 is 0 Å². The van der Waals surface area contributed by atoms with Crippen LogP contribution in [-0.4, -0.2) is 25.0 Å². The summed E-state index contributed by atoms with van der Waals surface area (Å²) in [5.74, 6) is 0.0944. The molecule has 64 valence electrons. The zero-order chi connectivity index (χ0) is 8.10. The lowest BCUT2D eigenvalue weighted by molar-refractivity contribution is -0.119. The second-order valence-corrected chi connectivity index (χ2v) is 3.08. The van der Waals surface area contributed by atoms with Crippen LogP contribution in [0.4, 0.5) is 0 Å². The van der Waals surface area contributed by atoms with Crippen LogP contribution in [0.15, 0.2) is 0 Å². The number of carbonyl (C=O) groups excluding carboxylic acids is 1. The fourth-order valence-corrected chi connectivity index (χ4v) is 1.45. The van der Waals surface area contributed by atoms with Crippen LogP contribution in [0, 0.1) is 0 Å². The van der Waals surface area contributed by atoms with E-state index in [1.54, 1.807) is 6.92 Å². The molecule has 1 fully saturated rings. The summed E-state index contributed by atoms with van der Waals surface area (Å²) in [5.41, 5.74) is 0. The highest BCUT2D eigenvalue weighted by atomic mass is 16.1. The molecule has 3 nitrogen and oxygen atoms in total. The summed E-state index contributed by atoms with van der Waals surface area (Å²) in [6.07, 6.45) is 3.36. The summed E-state index contributed by atoms with van der Waals surface area (Å²) in [5, 5.41) is 6.24. The van der Waals surface area contributed by atoms with Gasteiger partial charge in [-0.05, 0) is 32.4 Å². The molecule has 2 N–H and O–H groups in total. The highest BCUT2D eigenvalue weighted by Gasteiger charge is 2.11. The third-order valence-electron chi connectivity index (χ3n) is 1.98. The molecule has 1 amide bonds. The van der Waals surface area contributed by atoms with Crippen molar-refractivity contribution in [2.75, 3.05) is 13.1 Å². The van der Waals surface area contributed by atoms with Gasteiger partial charge < -0.3 is 10.6 Å². The number of rotatable bonds is 1. The summed E-state index contributed by atoms with van der Waals surface area (Å²) < 4.78 is 0. The number of hydrogen-bond acceptors (Lipinski definition) is 2. The molecule has 1 rings (SSSR count). The molecule has 0 spiro atoms. The molecular formula is C8H16N2O. The lowest BCUT2D eigenvalue weighted by Gasteiger charge is -2.13. The number of nitrogens with one attached hydrogen (secondary N) is 2. The molecule has 1 saturated heterocycles. The standard InChI is InChI=1S/C8H16N2O/c1-7(11)10-8-3-2-5-9-6-4-8/h8-9H,2-6H2,1H3,(H,10,11). The maximum absolute atomic E-state index is 10.7. The van der Waals surface area contributed by atoms with E-state index in [9.17, 15) is 4.79 Å². The van der Waals surface area contributed by atoms with Gasteiger partial charge in [0.1, 0.15) is 0 Å². The normalized spacial score (nSPS) is 25.7. The van der Waals surface area contributed by atoms with Crippen LogP contribution in [-0.2, 0) is 4.79 Å². The van der Waals surface area contributed by atoms with Crippen LogP contribution in [0.5, 0.6) is 0 Å². The van der Waals surface area contributed by atoms with Gasteiger partial charge in [-0.25, -0.2) is 0 Å². The Morgan fingerprint density at radius 2 is 2.27 bits per heavy atom. The Balaban J connectivity index is 2.25. The van der Waals surface area contributed by atoms with Gasteiger partial charge in [0.25, 0.3) is 0 Å². The molecular weight excluding hydrogens is 140 g/mol. The maximum Gasteiger partial charge on any atom is 0.217 e. The van der Waals surface area contributed by atoms with E-state index in [-0.39, 0.29) is 5.91 Å². The molecule has 0 aromatic rings. The van der Waals surface area contributed by atoms with E-state index in [1.165, 1.54) is 6.42 Å². The minimum absolute atomic E-state index is 0.0944. The van der Waals surface area contributed by atoms with E-state index in [4.69, 9.17) is 0 Å². The lowest BCUT2D eigenvalue weighted by atomic mass is 10.1. The second kappa shape index (κ2) is 4.34. The van der Waals surface area contributed by atoms with Crippen molar-refractivity contribution in [3.05, 3.63) is 0 Å². The molecule has 0 radical (unpaired) electrons. The quantitative estimate of drug-likeness (QED) is 0.572. The molecule has 0 aliphatic carbocycles. The van der Waals surface area contributed by atoms with Crippen molar-refractivity contribution in [2.45, 2.75) is 32.2 Å². The van der Waals surface area contributed by atoms with Gasteiger partial charge >= 0.3 is 0 Å². The predicted molar refractivity (Wildman–Crippen MR) is 44.3 cm³/mol. The minimum Gasteiger partial charge on any atom is -0.354 e. The zero-order valence-electron chi connectivity index (χ0n) is 7.02. The van der Waals surface area contributed by atoms with E-state index in [2.05, 4.69) is 10.6 Å².